The molecule has 0 bridgehead atoms. The monoisotopic (exact) mass is 441 g/mol. The lowest BCUT2D eigenvalue weighted by Gasteiger charge is -2.09. The predicted octanol–water partition coefficient (Wildman–Crippen LogP) is 5.08. The fourth-order valence-electron chi connectivity index (χ4n) is 3.43. The summed E-state index contributed by atoms with van der Waals surface area (Å²) in [4.78, 5) is 0.226. The van der Waals surface area contributed by atoms with Gasteiger partial charge in [0.1, 0.15) is 0 Å². The maximum atomic E-state index is 12.9. The van der Waals surface area contributed by atoms with Crippen LogP contribution in [0.5, 0.6) is 0 Å². The van der Waals surface area contributed by atoms with Crippen molar-refractivity contribution in [3.8, 4) is 11.3 Å². The van der Waals surface area contributed by atoms with E-state index >= 15 is 0 Å². The van der Waals surface area contributed by atoms with E-state index in [4.69, 9.17) is 0 Å². The van der Waals surface area contributed by atoms with Crippen molar-refractivity contribution in [3.63, 3.8) is 0 Å². The molecule has 4 rings (SSSR count). The van der Waals surface area contributed by atoms with Crippen LogP contribution >= 0.6 is 0 Å². The van der Waals surface area contributed by atoms with Gasteiger partial charge in [0.15, 0.2) is 6.20 Å². The van der Waals surface area contributed by atoms with E-state index in [-0.39, 0.29) is 4.90 Å². The summed E-state index contributed by atoms with van der Waals surface area (Å²) in [5.74, 6) is 0. The van der Waals surface area contributed by atoms with Crippen LogP contribution in [0.4, 0.5) is 0 Å². The summed E-state index contributed by atoms with van der Waals surface area (Å²) in [6, 6.07) is 30.8. The van der Waals surface area contributed by atoms with E-state index in [2.05, 4.69) is 35.9 Å². The number of aryl methyl sites for hydroxylation is 2. The standard InChI is InChI=1S/C27H25N2O2S/c1-21-11-15-24(16-12-21)26-10-6-7-19-29(26)27(23-8-4-3-5-9-23)20-28-32(30,31)25-17-13-22(2)14-18-25/h3-20,28H,1-2H3/q+1/b27-20-. The topological polar surface area (TPSA) is 50.1 Å². The van der Waals surface area contributed by atoms with Crippen LogP contribution in [0.3, 0.4) is 0 Å². The molecule has 0 fully saturated rings. The average molecular weight is 442 g/mol. The Bertz CT molecular complexity index is 1340. The Kier molecular flexibility index (Phi) is 6.19. The molecule has 0 saturated heterocycles. The van der Waals surface area contributed by atoms with Gasteiger partial charge in [-0.3, -0.25) is 4.72 Å². The zero-order valence-electron chi connectivity index (χ0n) is 18.1. The molecule has 0 saturated carbocycles. The maximum absolute atomic E-state index is 12.9. The van der Waals surface area contributed by atoms with Crippen molar-refractivity contribution in [1.29, 1.82) is 0 Å². The molecule has 0 aliphatic carbocycles. The lowest BCUT2D eigenvalue weighted by atomic mass is 10.1. The van der Waals surface area contributed by atoms with Gasteiger partial charge in [-0.15, -0.1) is 0 Å². The third-order valence-electron chi connectivity index (χ3n) is 5.22. The van der Waals surface area contributed by atoms with Crippen LogP contribution < -0.4 is 9.29 Å². The van der Waals surface area contributed by atoms with Crippen LogP contribution in [0.2, 0.25) is 0 Å². The van der Waals surface area contributed by atoms with E-state index in [1.807, 2.05) is 66.2 Å². The van der Waals surface area contributed by atoms with Gasteiger partial charge in [0.25, 0.3) is 10.0 Å². The second kappa shape index (κ2) is 9.20. The summed E-state index contributed by atoms with van der Waals surface area (Å²) in [7, 11) is -3.71. The van der Waals surface area contributed by atoms with Gasteiger partial charge >= 0.3 is 0 Å². The number of pyridine rings is 1. The summed E-state index contributed by atoms with van der Waals surface area (Å²) in [5.41, 5.74) is 5.80. The zero-order chi connectivity index (χ0) is 22.6. The Morgan fingerprint density at radius 1 is 0.750 bits per heavy atom. The van der Waals surface area contributed by atoms with E-state index in [0.717, 1.165) is 28.1 Å². The number of nitrogens with zero attached hydrogens (tertiary/aromatic N) is 1. The molecule has 0 amide bonds. The van der Waals surface area contributed by atoms with E-state index in [0.29, 0.717) is 0 Å². The van der Waals surface area contributed by atoms with Crippen molar-refractivity contribution >= 4 is 15.7 Å². The Balaban J connectivity index is 1.81. The summed E-state index contributed by atoms with van der Waals surface area (Å²) in [6.45, 7) is 3.98. The van der Waals surface area contributed by atoms with Crippen molar-refractivity contribution in [1.82, 2.24) is 4.72 Å². The summed E-state index contributed by atoms with van der Waals surface area (Å²) >= 11 is 0. The zero-order valence-corrected chi connectivity index (χ0v) is 18.9. The fraction of sp³-hybridized carbons (Fsp3) is 0.0741. The second-order valence-electron chi connectivity index (χ2n) is 7.65. The van der Waals surface area contributed by atoms with Gasteiger partial charge in [0, 0.05) is 23.3 Å². The van der Waals surface area contributed by atoms with Crippen LogP contribution in [0.25, 0.3) is 17.0 Å². The van der Waals surface area contributed by atoms with E-state index in [1.165, 1.54) is 5.56 Å². The molecule has 160 valence electrons. The first-order valence-electron chi connectivity index (χ1n) is 10.4. The van der Waals surface area contributed by atoms with E-state index in [9.17, 15) is 8.42 Å². The Morgan fingerprint density at radius 3 is 2.00 bits per heavy atom. The lowest BCUT2D eigenvalue weighted by Crippen LogP contribution is -2.36. The molecule has 1 heterocycles. The third-order valence-corrected chi connectivity index (χ3v) is 6.54. The summed E-state index contributed by atoms with van der Waals surface area (Å²) in [5, 5.41) is 0. The van der Waals surface area contributed by atoms with Gasteiger partial charge in [-0.1, -0.05) is 53.6 Å². The number of hydrogen-bond acceptors (Lipinski definition) is 2. The molecular weight excluding hydrogens is 416 g/mol. The van der Waals surface area contributed by atoms with Gasteiger partial charge in [-0.2, -0.15) is 4.57 Å². The number of aromatic nitrogens is 1. The number of nitrogens with one attached hydrogen (secondary N) is 1. The van der Waals surface area contributed by atoms with Gasteiger partial charge in [-0.25, -0.2) is 8.42 Å². The molecule has 0 unspecified atom stereocenters. The molecule has 4 nitrogen and oxygen atoms in total. The molecule has 1 aromatic heterocycles. The smallest absolute Gasteiger partial charge is 0.261 e. The number of sulfonamides is 1. The Hall–Kier alpha value is -3.70. The molecule has 0 aliphatic heterocycles. The number of rotatable bonds is 6. The molecule has 0 spiro atoms. The van der Waals surface area contributed by atoms with E-state index < -0.39 is 10.0 Å². The van der Waals surface area contributed by atoms with Crippen LogP contribution in [0, 0.1) is 13.8 Å². The lowest BCUT2D eigenvalue weighted by molar-refractivity contribution is -0.567. The Morgan fingerprint density at radius 2 is 1.34 bits per heavy atom. The minimum absolute atomic E-state index is 0.226. The quantitative estimate of drug-likeness (QED) is 0.424. The summed E-state index contributed by atoms with van der Waals surface area (Å²) in [6.07, 6.45) is 3.50. The first-order chi connectivity index (χ1) is 15.4. The molecule has 0 aliphatic rings. The minimum Gasteiger partial charge on any atom is -0.280 e. The van der Waals surface area contributed by atoms with Gasteiger partial charge < -0.3 is 0 Å². The first-order valence-corrected chi connectivity index (χ1v) is 11.8. The largest absolute Gasteiger partial charge is 0.280 e. The highest BCUT2D eigenvalue weighted by Gasteiger charge is 2.21. The highest BCUT2D eigenvalue weighted by atomic mass is 32.2. The SMILES string of the molecule is Cc1ccc(-c2cccc[n+]2/C(=C\NS(=O)(=O)c2ccc(C)cc2)c2ccccc2)cc1. The predicted molar refractivity (Wildman–Crippen MR) is 128 cm³/mol. The molecule has 0 atom stereocenters. The summed E-state index contributed by atoms with van der Waals surface area (Å²) < 4.78 is 30.5. The van der Waals surface area contributed by atoms with Crippen LogP contribution in [-0.2, 0) is 10.0 Å². The highest BCUT2D eigenvalue weighted by molar-refractivity contribution is 7.89. The van der Waals surface area contributed by atoms with Crippen molar-refractivity contribution in [2.45, 2.75) is 18.7 Å². The molecule has 4 aromatic rings. The molecular formula is C27H25N2O2S+. The number of benzene rings is 3. The van der Waals surface area contributed by atoms with Crippen molar-refractivity contribution in [2.75, 3.05) is 0 Å². The van der Waals surface area contributed by atoms with Crippen molar-refractivity contribution in [3.05, 3.63) is 126 Å². The minimum atomic E-state index is -3.71. The molecule has 1 N–H and O–H groups in total. The molecule has 5 heteroatoms. The van der Waals surface area contributed by atoms with E-state index in [1.54, 1.807) is 30.5 Å². The first kappa shape index (κ1) is 21.5. The second-order valence-corrected chi connectivity index (χ2v) is 9.37. The molecule has 32 heavy (non-hydrogen) atoms. The van der Waals surface area contributed by atoms with Crippen molar-refractivity contribution < 1.29 is 13.0 Å². The average Bonchev–Trinajstić information content (AvgIpc) is 2.81. The maximum Gasteiger partial charge on any atom is 0.261 e. The fourth-order valence-corrected chi connectivity index (χ4v) is 4.33. The van der Waals surface area contributed by atoms with Crippen LogP contribution in [0.15, 0.2) is 114 Å². The highest BCUT2D eigenvalue weighted by Crippen LogP contribution is 2.20. The normalized spacial score (nSPS) is 11.9. The van der Waals surface area contributed by atoms with Gasteiger partial charge in [-0.05, 0) is 56.3 Å². The van der Waals surface area contributed by atoms with Gasteiger partial charge in [0.2, 0.25) is 11.4 Å². The number of hydrogen-bond donors (Lipinski definition) is 1. The van der Waals surface area contributed by atoms with Crippen LogP contribution in [0.1, 0.15) is 16.7 Å². The molecule has 3 aromatic carbocycles. The third kappa shape index (κ3) is 4.79. The Labute approximate surface area is 189 Å². The van der Waals surface area contributed by atoms with Crippen LogP contribution in [-0.4, -0.2) is 8.42 Å². The van der Waals surface area contributed by atoms with Crippen molar-refractivity contribution in [2.24, 2.45) is 0 Å². The molecule has 0 radical (unpaired) electrons. The van der Waals surface area contributed by atoms with Gasteiger partial charge in [0.05, 0.1) is 11.1 Å².